The van der Waals surface area contributed by atoms with Crippen molar-refractivity contribution in [2.24, 2.45) is 5.41 Å². The zero-order valence-electron chi connectivity index (χ0n) is 10.8. The van der Waals surface area contributed by atoms with Gasteiger partial charge in [0.05, 0.1) is 10.4 Å². The second-order valence-electron chi connectivity index (χ2n) is 5.20. The molecule has 2 rings (SSSR count). The van der Waals surface area contributed by atoms with E-state index in [1.165, 1.54) is 11.3 Å². The van der Waals surface area contributed by atoms with Crippen molar-refractivity contribution in [2.45, 2.75) is 39.2 Å². The summed E-state index contributed by atoms with van der Waals surface area (Å²) in [5.74, 6) is -1.13. The van der Waals surface area contributed by atoms with E-state index in [1.807, 2.05) is 12.3 Å². The van der Waals surface area contributed by atoms with E-state index in [1.54, 1.807) is 6.92 Å². The SMILES string of the molecule is Cc1csc(C(=O)NC2CCCC2(C)C(=O)O)c1Cl. The topological polar surface area (TPSA) is 66.4 Å². The number of nitrogens with one attached hydrogen (secondary N) is 1. The maximum atomic E-state index is 12.2. The van der Waals surface area contributed by atoms with Crippen molar-refractivity contribution in [3.63, 3.8) is 0 Å². The highest BCUT2D eigenvalue weighted by atomic mass is 35.5. The standard InChI is InChI=1S/C13H16ClNO3S/c1-7-6-19-10(9(7)14)11(16)15-8-4-3-5-13(8,2)12(17)18/h6,8H,3-5H2,1-2H3,(H,15,16)(H,17,18). The van der Waals surface area contributed by atoms with Gasteiger partial charge in [0.2, 0.25) is 0 Å². The van der Waals surface area contributed by atoms with Crippen molar-refractivity contribution in [3.8, 4) is 0 Å². The molecule has 0 bridgehead atoms. The van der Waals surface area contributed by atoms with Gasteiger partial charge in [0.25, 0.3) is 5.91 Å². The van der Waals surface area contributed by atoms with Gasteiger partial charge in [-0.2, -0.15) is 0 Å². The molecule has 1 heterocycles. The molecule has 0 aromatic carbocycles. The van der Waals surface area contributed by atoms with Gasteiger partial charge < -0.3 is 10.4 Å². The number of amides is 1. The summed E-state index contributed by atoms with van der Waals surface area (Å²) in [6.07, 6.45) is 2.09. The van der Waals surface area contributed by atoms with Crippen LogP contribution in [0.25, 0.3) is 0 Å². The van der Waals surface area contributed by atoms with Crippen molar-refractivity contribution in [1.29, 1.82) is 0 Å². The Morgan fingerprint density at radius 1 is 1.58 bits per heavy atom. The predicted octanol–water partition coefficient (Wildman–Crippen LogP) is 3.08. The number of carboxylic acid groups (broad SMARTS) is 1. The van der Waals surface area contributed by atoms with E-state index in [0.717, 1.165) is 12.0 Å². The fraction of sp³-hybridized carbons (Fsp3) is 0.538. The number of carbonyl (C=O) groups excluding carboxylic acids is 1. The molecule has 1 fully saturated rings. The predicted molar refractivity (Wildman–Crippen MR) is 74.9 cm³/mol. The quantitative estimate of drug-likeness (QED) is 0.901. The molecule has 1 aromatic rings. The molecule has 1 aliphatic carbocycles. The summed E-state index contributed by atoms with van der Waals surface area (Å²) >= 11 is 7.34. The Morgan fingerprint density at radius 2 is 2.26 bits per heavy atom. The number of thiophene rings is 1. The van der Waals surface area contributed by atoms with E-state index < -0.39 is 11.4 Å². The van der Waals surface area contributed by atoms with E-state index in [-0.39, 0.29) is 11.9 Å². The zero-order valence-corrected chi connectivity index (χ0v) is 12.4. The van der Waals surface area contributed by atoms with Crippen LogP contribution < -0.4 is 5.32 Å². The maximum absolute atomic E-state index is 12.2. The summed E-state index contributed by atoms with van der Waals surface area (Å²) in [5, 5.41) is 14.4. The first-order chi connectivity index (χ1) is 8.86. The van der Waals surface area contributed by atoms with Gasteiger partial charge in [-0.15, -0.1) is 11.3 Å². The lowest BCUT2D eigenvalue weighted by Gasteiger charge is -2.27. The summed E-state index contributed by atoms with van der Waals surface area (Å²) < 4.78 is 0. The van der Waals surface area contributed by atoms with Crippen LogP contribution in [0.3, 0.4) is 0 Å². The molecule has 2 N–H and O–H groups in total. The molecule has 2 unspecified atom stereocenters. The lowest BCUT2D eigenvalue weighted by atomic mass is 9.85. The molecule has 1 amide bonds. The van der Waals surface area contributed by atoms with Gasteiger partial charge in [0.15, 0.2) is 0 Å². The number of halogens is 1. The van der Waals surface area contributed by atoms with E-state index >= 15 is 0 Å². The Kier molecular flexibility index (Phi) is 3.87. The van der Waals surface area contributed by atoms with Crippen LogP contribution in [0.1, 0.15) is 41.4 Å². The van der Waals surface area contributed by atoms with Crippen molar-refractivity contribution < 1.29 is 14.7 Å². The van der Waals surface area contributed by atoms with Crippen molar-refractivity contribution >= 4 is 34.8 Å². The highest BCUT2D eigenvalue weighted by Crippen LogP contribution is 2.38. The van der Waals surface area contributed by atoms with Gasteiger partial charge in [0.1, 0.15) is 4.88 Å². The highest BCUT2D eigenvalue weighted by Gasteiger charge is 2.46. The third-order valence-electron chi connectivity index (χ3n) is 3.86. The number of aryl methyl sites for hydroxylation is 1. The minimum absolute atomic E-state index is 0.275. The summed E-state index contributed by atoms with van der Waals surface area (Å²) in [6.45, 7) is 3.53. The molecular weight excluding hydrogens is 286 g/mol. The number of carbonyl (C=O) groups is 2. The average molecular weight is 302 g/mol. The van der Waals surface area contributed by atoms with Crippen molar-refractivity contribution in [1.82, 2.24) is 5.32 Å². The molecule has 0 saturated heterocycles. The molecule has 4 nitrogen and oxygen atoms in total. The van der Waals surface area contributed by atoms with E-state index in [2.05, 4.69) is 5.32 Å². The highest BCUT2D eigenvalue weighted by molar-refractivity contribution is 7.13. The molecular formula is C13H16ClNO3S. The number of carboxylic acids is 1. The Balaban J connectivity index is 2.15. The second-order valence-corrected chi connectivity index (χ2v) is 6.46. The molecule has 2 atom stereocenters. The maximum Gasteiger partial charge on any atom is 0.311 e. The second kappa shape index (κ2) is 5.13. The summed E-state index contributed by atoms with van der Waals surface area (Å²) in [7, 11) is 0. The zero-order chi connectivity index (χ0) is 14.2. The van der Waals surface area contributed by atoms with Crippen LogP contribution in [0, 0.1) is 12.3 Å². The molecule has 0 radical (unpaired) electrons. The van der Waals surface area contributed by atoms with Crippen LogP contribution in [0.5, 0.6) is 0 Å². The molecule has 19 heavy (non-hydrogen) atoms. The number of hydrogen-bond acceptors (Lipinski definition) is 3. The molecule has 1 saturated carbocycles. The van der Waals surface area contributed by atoms with Crippen molar-refractivity contribution in [2.75, 3.05) is 0 Å². The first-order valence-corrected chi connectivity index (χ1v) is 7.40. The normalized spacial score (nSPS) is 26.4. The van der Waals surface area contributed by atoms with Gasteiger partial charge in [-0.05, 0) is 37.6 Å². The van der Waals surface area contributed by atoms with E-state index in [9.17, 15) is 14.7 Å². The first kappa shape index (κ1) is 14.3. The Bertz CT molecular complexity index is 528. The molecule has 1 aliphatic rings. The van der Waals surface area contributed by atoms with Gasteiger partial charge in [0, 0.05) is 6.04 Å². The average Bonchev–Trinajstić information content (AvgIpc) is 2.86. The molecule has 0 spiro atoms. The fourth-order valence-electron chi connectivity index (χ4n) is 2.46. The smallest absolute Gasteiger partial charge is 0.311 e. The van der Waals surface area contributed by atoms with Gasteiger partial charge in [-0.25, -0.2) is 0 Å². The lowest BCUT2D eigenvalue weighted by Crippen LogP contribution is -2.46. The third kappa shape index (κ3) is 2.49. The number of aliphatic carboxylic acids is 1. The van der Waals surface area contributed by atoms with Crippen LogP contribution in [0.4, 0.5) is 0 Å². The van der Waals surface area contributed by atoms with Crippen LogP contribution in [-0.2, 0) is 4.79 Å². The fourth-order valence-corrected chi connectivity index (χ4v) is 3.64. The number of hydrogen-bond donors (Lipinski definition) is 2. The largest absolute Gasteiger partial charge is 0.481 e. The van der Waals surface area contributed by atoms with Gasteiger partial charge >= 0.3 is 5.97 Å². The Labute approximate surface area is 120 Å². The summed E-state index contributed by atoms with van der Waals surface area (Å²) in [5.41, 5.74) is -0.0155. The van der Waals surface area contributed by atoms with Crippen LogP contribution >= 0.6 is 22.9 Å². The molecule has 104 valence electrons. The third-order valence-corrected chi connectivity index (χ3v) is 5.55. The Morgan fingerprint density at radius 3 is 2.79 bits per heavy atom. The molecule has 6 heteroatoms. The summed E-state index contributed by atoms with van der Waals surface area (Å²) in [6, 6.07) is -0.337. The summed E-state index contributed by atoms with van der Waals surface area (Å²) in [4.78, 5) is 24.0. The van der Waals surface area contributed by atoms with Gasteiger partial charge in [-0.1, -0.05) is 18.0 Å². The Hall–Kier alpha value is -1.07. The van der Waals surface area contributed by atoms with Crippen LogP contribution in [0.2, 0.25) is 5.02 Å². The number of rotatable bonds is 3. The minimum atomic E-state index is -0.881. The van der Waals surface area contributed by atoms with E-state index in [0.29, 0.717) is 22.7 Å². The van der Waals surface area contributed by atoms with Gasteiger partial charge in [-0.3, -0.25) is 9.59 Å². The minimum Gasteiger partial charge on any atom is -0.481 e. The van der Waals surface area contributed by atoms with Crippen LogP contribution in [-0.4, -0.2) is 23.0 Å². The molecule has 0 aliphatic heterocycles. The lowest BCUT2D eigenvalue weighted by molar-refractivity contribution is -0.148. The molecule has 1 aromatic heterocycles. The van der Waals surface area contributed by atoms with Crippen molar-refractivity contribution in [3.05, 3.63) is 20.8 Å². The van der Waals surface area contributed by atoms with Crippen LogP contribution in [0.15, 0.2) is 5.38 Å². The monoisotopic (exact) mass is 301 g/mol. The van der Waals surface area contributed by atoms with E-state index in [4.69, 9.17) is 11.6 Å². The first-order valence-electron chi connectivity index (χ1n) is 6.14.